The Hall–Kier alpha value is -1.63. The zero-order valence-corrected chi connectivity index (χ0v) is 11.9. The number of hydrogen-bond acceptors (Lipinski definition) is 4. The number of carbonyl (C=O) groups is 3. The first-order valence-corrected chi connectivity index (χ1v) is 6.90. The second-order valence-electron chi connectivity index (χ2n) is 5.97. The van der Waals surface area contributed by atoms with Crippen LogP contribution < -0.4 is 5.32 Å². The van der Waals surface area contributed by atoms with Crippen LogP contribution in [0.15, 0.2) is 0 Å². The third kappa shape index (κ3) is 2.92. The number of urea groups is 1. The third-order valence-corrected chi connectivity index (χ3v) is 4.02. The summed E-state index contributed by atoms with van der Waals surface area (Å²) in [6.07, 6.45) is 1.25. The van der Waals surface area contributed by atoms with Gasteiger partial charge in [0.05, 0.1) is 5.92 Å². The van der Waals surface area contributed by atoms with Crippen LogP contribution in [0.5, 0.6) is 0 Å². The van der Waals surface area contributed by atoms with Crippen LogP contribution in [0.3, 0.4) is 0 Å². The van der Waals surface area contributed by atoms with Gasteiger partial charge >= 0.3 is 12.0 Å². The first-order chi connectivity index (χ1) is 9.31. The van der Waals surface area contributed by atoms with Gasteiger partial charge in [-0.1, -0.05) is 0 Å². The summed E-state index contributed by atoms with van der Waals surface area (Å²) in [7, 11) is 0. The summed E-state index contributed by atoms with van der Waals surface area (Å²) in [6, 6.07) is -0.347. The molecule has 0 radical (unpaired) electrons. The highest BCUT2D eigenvalue weighted by molar-refractivity contribution is 6.06. The van der Waals surface area contributed by atoms with Gasteiger partial charge in [-0.3, -0.25) is 14.5 Å². The summed E-state index contributed by atoms with van der Waals surface area (Å²) in [6.45, 7) is 5.72. The molecular formula is C13H21N3O4. The Morgan fingerprint density at radius 2 is 1.90 bits per heavy atom. The number of imide groups is 1. The molecule has 0 aromatic heterocycles. The molecule has 0 aliphatic carbocycles. The zero-order valence-electron chi connectivity index (χ0n) is 11.9. The number of rotatable bonds is 4. The number of aliphatic carboxylic acids is 1. The number of carboxylic acid groups (broad SMARTS) is 1. The molecule has 7 nitrogen and oxygen atoms in total. The van der Waals surface area contributed by atoms with E-state index < -0.39 is 11.5 Å². The lowest BCUT2D eigenvalue weighted by Crippen LogP contribution is -2.44. The van der Waals surface area contributed by atoms with E-state index in [0.717, 1.165) is 0 Å². The first kappa shape index (κ1) is 14.8. The quantitative estimate of drug-likeness (QED) is 0.715. The molecule has 2 fully saturated rings. The number of amides is 3. The summed E-state index contributed by atoms with van der Waals surface area (Å²) in [5.74, 6) is -1.20. The highest BCUT2D eigenvalue weighted by Crippen LogP contribution is 2.19. The van der Waals surface area contributed by atoms with Crippen molar-refractivity contribution in [2.75, 3.05) is 26.2 Å². The van der Waals surface area contributed by atoms with Crippen LogP contribution in [0.2, 0.25) is 0 Å². The molecule has 0 bridgehead atoms. The van der Waals surface area contributed by atoms with E-state index in [1.165, 1.54) is 4.90 Å². The maximum absolute atomic E-state index is 12.0. The summed E-state index contributed by atoms with van der Waals surface area (Å²) < 4.78 is 0. The molecule has 112 valence electrons. The fourth-order valence-corrected chi connectivity index (χ4v) is 2.67. The van der Waals surface area contributed by atoms with E-state index in [-0.39, 0.29) is 17.9 Å². The van der Waals surface area contributed by atoms with Gasteiger partial charge in [-0.25, -0.2) is 4.79 Å². The Kier molecular flexibility index (Phi) is 3.99. The number of piperidine rings is 1. The number of likely N-dealkylation sites (tertiary alicyclic amines) is 1. The molecule has 2 N–H and O–H groups in total. The van der Waals surface area contributed by atoms with Gasteiger partial charge in [0, 0.05) is 13.1 Å². The average molecular weight is 283 g/mol. The largest absolute Gasteiger partial charge is 0.481 e. The molecule has 3 amide bonds. The Morgan fingerprint density at radius 1 is 1.30 bits per heavy atom. The minimum Gasteiger partial charge on any atom is -0.481 e. The van der Waals surface area contributed by atoms with Crippen molar-refractivity contribution >= 4 is 17.9 Å². The molecule has 20 heavy (non-hydrogen) atoms. The van der Waals surface area contributed by atoms with Gasteiger partial charge in [-0.15, -0.1) is 0 Å². The van der Waals surface area contributed by atoms with Gasteiger partial charge in [0.15, 0.2) is 0 Å². The van der Waals surface area contributed by atoms with E-state index in [1.54, 1.807) is 13.8 Å². The molecule has 2 rings (SSSR count). The summed E-state index contributed by atoms with van der Waals surface area (Å²) in [5.41, 5.74) is -0.826. The Balaban J connectivity index is 1.81. The fraction of sp³-hybridized carbons (Fsp3) is 0.769. The van der Waals surface area contributed by atoms with Crippen molar-refractivity contribution in [1.82, 2.24) is 15.1 Å². The molecule has 0 saturated carbocycles. The minimum absolute atomic E-state index is 0.206. The number of carboxylic acids is 1. The van der Waals surface area contributed by atoms with Crippen LogP contribution in [0.4, 0.5) is 4.79 Å². The second-order valence-corrected chi connectivity index (χ2v) is 5.97. The van der Waals surface area contributed by atoms with Gasteiger partial charge in [0.25, 0.3) is 5.91 Å². The normalized spacial score (nSPS) is 24.0. The first-order valence-electron chi connectivity index (χ1n) is 6.90. The Morgan fingerprint density at radius 3 is 2.35 bits per heavy atom. The SMILES string of the molecule is CC1(C)NC(=O)N(CCN2CCC(C(=O)O)CC2)C1=O. The summed E-state index contributed by atoms with van der Waals surface area (Å²) >= 11 is 0. The summed E-state index contributed by atoms with van der Waals surface area (Å²) in [5, 5.41) is 11.6. The molecule has 0 spiro atoms. The molecule has 7 heteroatoms. The predicted molar refractivity (Wildman–Crippen MR) is 71.1 cm³/mol. The van der Waals surface area contributed by atoms with Crippen molar-refractivity contribution in [1.29, 1.82) is 0 Å². The molecule has 0 aromatic carbocycles. The smallest absolute Gasteiger partial charge is 0.325 e. The number of carbonyl (C=O) groups excluding carboxylic acids is 2. The van der Waals surface area contributed by atoms with Gasteiger partial charge in [0.1, 0.15) is 5.54 Å². The van der Waals surface area contributed by atoms with E-state index in [0.29, 0.717) is 39.0 Å². The fourth-order valence-electron chi connectivity index (χ4n) is 2.67. The van der Waals surface area contributed by atoms with E-state index >= 15 is 0 Å². The molecule has 0 unspecified atom stereocenters. The molecule has 2 saturated heterocycles. The maximum Gasteiger partial charge on any atom is 0.325 e. The Bertz CT molecular complexity index is 427. The van der Waals surface area contributed by atoms with Crippen molar-refractivity contribution < 1.29 is 19.5 Å². The molecular weight excluding hydrogens is 262 g/mol. The molecule has 2 aliphatic rings. The monoisotopic (exact) mass is 283 g/mol. The maximum atomic E-state index is 12.0. The molecule has 0 atom stereocenters. The number of nitrogens with zero attached hydrogens (tertiary/aromatic N) is 2. The highest BCUT2D eigenvalue weighted by Gasteiger charge is 2.44. The van der Waals surface area contributed by atoms with Crippen LogP contribution in [-0.4, -0.2) is 64.5 Å². The topological polar surface area (TPSA) is 90.0 Å². The number of nitrogens with one attached hydrogen (secondary N) is 1. The third-order valence-electron chi connectivity index (χ3n) is 4.02. The van der Waals surface area contributed by atoms with Crippen molar-refractivity contribution in [2.45, 2.75) is 32.2 Å². The van der Waals surface area contributed by atoms with Gasteiger partial charge in [-0.05, 0) is 39.8 Å². The van der Waals surface area contributed by atoms with E-state index in [1.807, 2.05) is 0 Å². The van der Waals surface area contributed by atoms with Crippen LogP contribution in [0.25, 0.3) is 0 Å². The van der Waals surface area contributed by atoms with Crippen molar-refractivity contribution in [3.8, 4) is 0 Å². The second kappa shape index (κ2) is 5.40. The lowest BCUT2D eigenvalue weighted by Gasteiger charge is -2.30. The molecule has 0 aromatic rings. The molecule has 2 heterocycles. The average Bonchev–Trinajstić information content (AvgIpc) is 2.57. The number of hydrogen-bond donors (Lipinski definition) is 2. The lowest BCUT2D eigenvalue weighted by atomic mass is 9.97. The van der Waals surface area contributed by atoms with Gasteiger partial charge < -0.3 is 15.3 Å². The standard InChI is InChI=1S/C13H21N3O4/c1-13(2)11(19)16(12(20)14-13)8-7-15-5-3-9(4-6-15)10(17)18/h9H,3-8H2,1-2H3,(H,14,20)(H,17,18). The highest BCUT2D eigenvalue weighted by atomic mass is 16.4. The van der Waals surface area contributed by atoms with Crippen molar-refractivity contribution in [3.63, 3.8) is 0 Å². The van der Waals surface area contributed by atoms with Crippen LogP contribution in [0, 0.1) is 5.92 Å². The summed E-state index contributed by atoms with van der Waals surface area (Å²) in [4.78, 5) is 37.9. The van der Waals surface area contributed by atoms with E-state index in [4.69, 9.17) is 5.11 Å². The van der Waals surface area contributed by atoms with Crippen LogP contribution in [0.1, 0.15) is 26.7 Å². The van der Waals surface area contributed by atoms with E-state index in [9.17, 15) is 14.4 Å². The van der Waals surface area contributed by atoms with E-state index in [2.05, 4.69) is 10.2 Å². The minimum atomic E-state index is -0.826. The lowest BCUT2D eigenvalue weighted by molar-refractivity contribution is -0.143. The zero-order chi connectivity index (χ0) is 14.9. The molecule has 2 aliphatic heterocycles. The van der Waals surface area contributed by atoms with Crippen LogP contribution in [-0.2, 0) is 9.59 Å². The van der Waals surface area contributed by atoms with Crippen LogP contribution >= 0.6 is 0 Å². The predicted octanol–water partition coefficient (Wildman–Crippen LogP) is 0.113. The Labute approximate surface area is 117 Å². The van der Waals surface area contributed by atoms with Gasteiger partial charge in [-0.2, -0.15) is 0 Å². The van der Waals surface area contributed by atoms with Gasteiger partial charge in [0.2, 0.25) is 0 Å². The van der Waals surface area contributed by atoms with Crippen molar-refractivity contribution in [3.05, 3.63) is 0 Å². The van der Waals surface area contributed by atoms with Crippen molar-refractivity contribution in [2.24, 2.45) is 5.92 Å².